The largest absolute Gasteiger partial charge is 0.488 e. The van der Waals surface area contributed by atoms with Crippen LogP contribution < -0.4 is 24.8 Å². The molecule has 0 bridgehead atoms. The number of likely N-dealkylation sites (N-methyl/N-ethyl adjacent to an activating group) is 1. The van der Waals surface area contributed by atoms with Crippen molar-refractivity contribution in [3.05, 3.63) is 72.3 Å². The van der Waals surface area contributed by atoms with E-state index in [4.69, 9.17) is 14.2 Å². The zero-order chi connectivity index (χ0) is 30.7. The second-order valence-electron chi connectivity index (χ2n) is 10.6. The third kappa shape index (κ3) is 6.53. The molecule has 43 heavy (non-hydrogen) atoms. The molecule has 0 unspecified atom stereocenters. The number of aliphatic hydroxyl groups excluding tert-OH is 1. The first-order chi connectivity index (χ1) is 20.6. The third-order valence-electron chi connectivity index (χ3n) is 7.44. The number of aliphatic hydroxyl groups is 1. The number of rotatable bonds is 8. The van der Waals surface area contributed by atoms with Gasteiger partial charge in [0.2, 0.25) is 16.8 Å². The number of nitrogens with zero attached hydrogens (tertiary/aromatic N) is 2. The monoisotopic (exact) mass is 610 g/mol. The number of fused-ring (bicyclic) bond motifs is 2. The van der Waals surface area contributed by atoms with Gasteiger partial charge in [-0.05, 0) is 49.4 Å². The fraction of sp³-hybridized carbons (Fsp3) is 0.333. The molecule has 2 aliphatic rings. The lowest BCUT2D eigenvalue weighted by Crippen LogP contribution is -2.50. The van der Waals surface area contributed by atoms with Crippen molar-refractivity contribution < 1.29 is 37.3 Å². The van der Waals surface area contributed by atoms with Crippen LogP contribution in [0.15, 0.2) is 71.6 Å². The Balaban J connectivity index is 1.38. The molecule has 0 aromatic heterocycles. The summed E-state index contributed by atoms with van der Waals surface area (Å²) < 4.78 is 44.7. The first-order valence-corrected chi connectivity index (χ1v) is 15.2. The van der Waals surface area contributed by atoms with Crippen LogP contribution in [-0.2, 0) is 10.0 Å². The summed E-state index contributed by atoms with van der Waals surface area (Å²) in [4.78, 5) is 28.2. The van der Waals surface area contributed by atoms with E-state index in [1.165, 1.54) is 29.6 Å². The maximum atomic E-state index is 13.7. The van der Waals surface area contributed by atoms with E-state index in [1.54, 1.807) is 60.4 Å². The Bertz CT molecular complexity index is 1600. The lowest BCUT2D eigenvalue weighted by molar-refractivity contribution is 0.0387. The lowest BCUT2D eigenvalue weighted by Gasteiger charge is -2.38. The number of amides is 3. The van der Waals surface area contributed by atoms with Crippen molar-refractivity contribution in [2.75, 3.05) is 44.2 Å². The molecular formula is C30H34N4O8S. The van der Waals surface area contributed by atoms with Crippen LogP contribution in [0.2, 0.25) is 0 Å². The maximum absolute atomic E-state index is 13.7. The number of nitrogens with one attached hydrogen (secondary N) is 2. The van der Waals surface area contributed by atoms with Crippen molar-refractivity contribution in [1.82, 2.24) is 9.21 Å². The van der Waals surface area contributed by atoms with Crippen LogP contribution >= 0.6 is 0 Å². The number of sulfonamides is 1. The normalized spacial score (nSPS) is 18.7. The molecule has 3 aromatic rings. The molecule has 0 fully saturated rings. The number of anilines is 2. The van der Waals surface area contributed by atoms with Gasteiger partial charge < -0.3 is 34.9 Å². The van der Waals surface area contributed by atoms with E-state index in [-0.39, 0.29) is 54.5 Å². The molecule has 3 atom stereocenters. The van der Waals surface area contributed by atoms with Crippen molar-refractivity contribution in [1.29, 1.82) is 0 Å². The molecule has 5 rings (SSSR count). The second kappa shape index (κ2) is 12.5. The van der Waals surface area contributed by atoms with Crippen LogP contribution in [0.4, 0.5) is 16.2 Å². The average molecular weight is 611 g/mol. The molecular weight excluding hydrogens is 576 g/mol. The Kier molecular flexibility index (Phi) is 8.76. The fourth-order valence-corrected chi connectivity index (χ4v) is 6.11. The van der Waals surface area contributed by atoms with E-state index in [0.29, 0.717) is 22.9 Å². The number of carbonyl (C=O) groups excluding carboxylic acids is 2. The van der Waals surface area contributed by atoms with E-state index >= 15 is 0 Å². The van der Waals surface area contributed by atoms with Crippen LogP contribution in [0.5, 0.6) is 17.2 Å². The highest BCUT2D eigenvalue weighted by Crippen LogP contribution is 2.35. The SMILES string of the molecule is C[C@H]1CN([C@@H](C)CO)C(=O)c2cc(NC(=O)Nc3ccc4c(c3)OCO4)ccc2O[C@@H]1CN(C)S(=O)(=O)c1ccccc1. The Labute approximate surface area is 250 Å². The summed E-state index contributed by atoms with van der Waals surface area (Å²) in [6, 6.07) is 16.8. The Hall–Kier alpha value is -4.33. The molecule has 228 valence electrons. The van der Waals surface area contributed by atoms with Gasteiger partial charge >= 0.3 is 6.03 Å². The van der Waals surface area contributed by atoms with Crippen molar-refractivity contribution in [2.45, 2.75) is 30.9 Å². The summed E-state index contributed by atoms with van der Waals surface area (Å²) in [6.07, 6.45) is -0.628. The van der Waals surface area contributed by atoms with Gasteiger partial charge in [0.25, 0.3) is 5.91 Å². The van der Waals surface area contributed by atoms with Gasteiger partial charge in [-0.3, -0.25) is 4.79 Å². The quantitative estimate of drug-likeness (QED) is 0.351. The van der Waals surface area contributed by atoms with Crippen LogP contribution in [-0.4, -0.2) is 80.4 Å². The van der Waals surface area contributed by atoms with E-state index < -0.39 is 28.2 Å². The molecule has 0 aliphatic carbocycles. The number of urea groups is 1. The minimum Gasteiger partial charge on any atom is -0.488 e. The predicted molar refractivity (Wildman–Crippen MR) is 159 cm³/mol. The van der Waals surface area contributed by atoms with E-state index in [9.17, 15) is 23.1 Å². The molecule has 0 radical (unpaired) electrons. The highest BCUT2D eigenvalue weighted by atomic mass is 32.2. The lowest BCUT2D eigenvalue weighted by atomic mass is 9.99. The average Bonchev–Trinajstić information content (AvgIpc) is 3.47. The highest BCUT2D eigenvalue weighted by molar-refractivity contribution is 7.89. The number of hydrogen-bond donors (Lipinski definition) is 3. The molecule has 0 saturated heterocycles. The van der Waals surface area contributed by atoms with Crippen molar-refractivity contribution in [3.63, 3.8) is 0 Å². The number of hydrogen-bond acceptors (Lipinski definition) is 8. The van der Waals surface area contributed by atoms with Crippen LogP contribution in [0, 0.1) is 5.92 Å². The molecule has 12 nitrogen and oxygen atoms in total. The zero-order valence-corrected chi connectivity index (χ0v) is 24.8. The van der Waals surface area contributed by atoms with Gasteiger partial charge in [-0.1, -0.05) is 25.1 Å². The summed E-state index contributed by atoms with van der Waals surface area (Å²) in [5, 5.41) is 15.4. The Morgan fingerprint density at radius 1 is 1.02 bits per heavy atom. The van der Waals surface area contributed by atoms with Gasteiger partial charge in [-0.15, -0.1) is 0 Å². The predicted octanol–water partition coefficient (Wildman–Crippen LogP) is 3.60. The van der Waals surface area contributed by atoms with Gasteiger partial charge in [0, 0.05) is 37.0 Å². The highest BCUT2D eigenvalue weighted by Gasteiger charge is 2.35. The van der Waals surface area contributed by atoms with Crippen LogP contribution in [0.3, 0.4) is 0 Å². The number of ether oxygens (including phenoxy) is 3. The summed E-state index contributed by atoms with van der Waals surface area (Å²) >= 11 is 0. The molecule has 2 aliphatic heterocycles. The van der Waals surface area contributed by atoms with Gasteiger partial charge in [0.1, 0.15) is 11.9 Å². The van der Waals surface area contributed by atoms with Gasteiger partial charge in [0.15, 0.2) is 11.5 Å². The smallest absolute Gasteiger partial charge is 0.323 e. The van der Waals surface area contributed by atoms with Crippen molar-refractivity contribution >= 4 is 33.3 Å². The minimum atomic E-state index is -3.79. The maximum Gasteiger partial charge on any atom is 0.323 e. The fourth-order valence-electron chi connectivity index (χ4n) is 4.91. The standard InChI is InChI=1S/C30H34N4O8S/c1-19-15-34(20(2)17-35)29(36)24-13-21(31-30(37)32-22-10-12-26-27(14-22)41-18-40-26)9-11-25(24)42-28(19)16-33(3)43(38,39)23-7-5-4-6-8-23/h4-14,19-20,28,35H,15-18H2,1-3H3,(H2,31,32,37)/t19-,20-,28+/m0/s1. The zero-order valence-electron chi connectivity index (χ0n) is 24.0. The molecule has 0 spiro atoms. The first kappa shape index (κ1) is 30.1. The van der Waals surface area contributed by atoms with Gasteiger partial charge in [0.05, 0.1) is 29.7 Å². The Morgan fingerprint density at radius 2 is 1.67 bits per heavy atom. The molecule has 2 heterocycles. The summed E-state index contributed by atoms with van der Waals surface area (Å²) in [5.74, 6) is 0.677. The van der Waals surface area contributed by atoms with E-state index in [2.05, 4.69) is 10.6 Å². The number of carbonyl (C=O) groups is 2. The van der Waals surface area contributed by atoms with Crippen LogP contribution in [0.25, 0.3) is 0 Å². The third-order valence-corrected chi connectivity index (χ3v) is 9.28. The molecule has 0 saturated carbocycles. The first-order valence-electron chi connectivity index (χ1n) is 13.8. The Morgan fingerprint density at radius 3 is 2.37 bits per heavy atom. The van der Waals surface area contributed by atoms with Gasteiger partial charge in [-0.25, -0.2) is 13.2 Å². The van der Waals surface area contributed by atoms with E-state index in [0.717, 1.165) is 0 Å². The van der Waals surface area contributed by atoms with Crippen LogP contribution in [0.1, 0.15) is 24.2 Å². The van der Waals surface area contributed by atoms with Crippen molar-refractivity contribution in [3.8, 4) is 17.2 Å². The minimum absolute atomic E-state index is 0.0192. The molecule has 13 heteroatoms. The summed E-state index contributed by atoms with van der Waals surface area (Å²) in [7, 11) is -2.30. The summed E-state index contributed by atoms with van der Waals surface area (Å²) in [5.41, 5.74) is 0.993. The molecule has 3 amide bonds. The second-order valence-corrected chi connectivity index (χ2v) is 12.6. The summed E-state index contributed by atoms with van der Waals surface area (Å²) in [6.45, 7) is 3.68. The molecule has 3 N–H and O–H groups in total. The van der Waals surface area contributed by atoms with Gasteiger partial charge in [-0.2, -0.15) is 4.31 Å². The topological polar surface area (TPSA) is 147 Å². The van der Waals surface area contributed by atoms with Crippen molar-refractivity contribution in [2.24, 2.45) is 5.92 Å². The van der Waals surface area contributed by atoms with E-state index in [1.807, 2.05) is 6.92 Å². The number of benzene rings is 3. The molecule has 3 aromatic carbocycles.